The zero-order chi connectivity index (χ0) is 20.8. The number of nitrogens with zero attached hydrogens (tertiary/aromatic N) is 2. The molecule has 1 aromatic carbocycles. The normalized spacial score (nSPS) is 15.6. The summed E-state index contributed by atoms with van der Waals surface area (Å²) in [6, 6.07) is 9.37. The van der Waals surface area contributed by atoms with Gasteiger partial charge in [0.15, 0.2) is 0 Å². The Kier molecular flexibility index (Phi) is 6.90. The maximum absolute atomic E-state index is 12.5. The minimum absolute atomic E-state index is 0.0378. The lowest BCUT2D eigenvalue weighted by Crippen LogP contribution is -2.46. The molecule has 1 saturated heterocycles. The van der Waals surface area contributed by atoms with Crippen LogP contribution in [0.3, 0.4) is 0 Å². The number of benzene rings is 1. The summed E-state index contributed by atoms with van der Waals surface area (Å²) in [7, 11) is 3.49. The highest BCUT2D eigenvalue weighted by Crippen LogP contribution is 2.25. The standard InChI is InChI=1S/C21H28N4O4/c1-15-6-7-19(28-3)16(13-15)23-21(27)20(26)22-14-18(17-5-4-8-24(17)2)25-9-11-29-12-10-25/h4-8,13,18H,9-12,14H2,1-3H3,(H,22,26)(H,23,27). The Morgan fingerprint density at radius 1 is 1.21 bits per heavy atom. The van der Waals surface area contributed by atoms with E-state index in [2.05, 4.69) is 15.5 Å². The second-order valence-corrected chi connectivity index (χ2v) is 7.08. The molecule has 0 bridgehead atoms. The van der Waals surface area contributed by atoms with Gasteiger partial charge < -0.3 is 24.7 Å². The van der Waals surface area contributed by atoms with E-state index in [1.807, 2.05) is 42.9 Å². The number of methoxy groups -OCH3 is 1. The minimum Gasteiger partial charge on any atom is -0.495 e. The van der Waals surface area contributed by atoms with Crippen molar-refractivity contribution in [3.05, 3.63) is 47.8 Å². The third-order valence-corrected chi connectivity index (χ3v) is 5.08. The molecule has 0 spiro atoms. The van der Waals surface area contributed by atoms with Crippen LogP contribution in [0.25, 0.3) is 0 Å². The third kappa shape index (κ3) is 5.16. The fourth-order valence-corrected chi connectivity index (χ4v) is 3.50. The molecule has 1 aliphatic heterocycles. The minimum atomic E-state index is -0.721. The molecule has 1 aliphatic rings. The van der Waals surface area contributed by atoms with E-state index in [0.717, 1.165) is 24.3 Å². The molecule has 29 heavy (non-hydrogen) atoms. The summed E-state index contributed by atoms with van der Waals surface area (Å²) >= 11 is 0. The van der Waals surface area contributed by atoms with Crippen molar-refractivity contribution < 1.29 is 19.1 Å². The van der Waals surface area contributed by atoms with E-state index < -0.39 is 11.8 Å². The van der Waals surface area contributed by atoms with E-state index >= 15 is 0 Å². The monoisotopic (exact) mass is 400 g/mol. The zero-order valence-electron chi connectivity index (χ0n) is 17.1. The van der Waals surface area contributed by atoms with Crippen LogP contribution in [0.5, 0.6) is 5.75 Å². The topological polar surface area (TPSA) is 84.8 Å². The quantitative estimate of drug-likeness (QED) is 0.718. The van der Waals surface area contributed by atoms with Crippen LogP contribution in [-0.4, -0.2) is 61.2 Å². The fraction of sp³-hybridized carbons (Fsp3) is 0.429. The number of amides is 2. The van der Waals surface area contributed by atoms with Crippen LogP contribution < -0.4 is 15.4 Å². The maximum atomic E-state index is 12.5. The molecule has 8 nitrogen and oxygen atoms in total. The van der Waals surface area contributed by atoms with Gasteiger partial charge >= 0.3 is 11.8 Å². The molecule has 0 saturated carbocycles. The number of rotatable bonds is 6. The first-order valence-electron chi connectivity index (χ1n) is 9.66. The molecule has 1 fully saturated rings. The summed E-state index contributed by atoms with van der Waals surface area (Å²) in [6.07, 6.45) is 1.97. The predicted octanol–water partition coefficient (Wildman–Crippen LogP) is 1.47. The van der Waals surface area contributed by atoms with Crippen LogP contribution in [0.1, 0.15) is 17.3 Å². The van der Waals surface area contributed by atoms with Crippen molar-refractivity contribution >= 4 is 17.5 Å². The van der Waals surface area contributed by atoms with E-state index in [9.17, 15) is 9.59 Å². The molecule has 2 aromatic rings. The second-order valence-electron chi connectivity index (χ2n) is 7.08. The van der Waals surface area contributed by atoms with Gasteiger partial charge in [0.1, 0.15) is 5.75 Å². The average molecular weight is 400 g/mol. The van der Waals surface area contributed by atoms with Gasteiger partial charge in [-0.1, -0.05) is 6.07 Å². The molecule has 0 radical (unpaired) electrons. The van der Waals surface area contributed by atoms with Crippen LogP contribution in [-0.2, 0) is 21.4 Å². The lowest BCUT2D eigenvalue weighted by Gasteiger charge is -2.34. The highest BCUT2D eigenvalue weighted by atomic mass is 16.5. The predicted molar refractivity (Wildman–Crippen MR) is 110 cm³/mol. The van der Waals surface area contributed by atoms with Crippen molar-refractivity contribution in [1.29, 1.82) is 0 Å². The smallest absolute Gasteiger partial charge is 0.313 e. The van der Waals surface area contributed by atoms with E-state index in [1.165, 1.54) is 7.11 Å². The Morgan fingerprint density at radius 3 is 2.62 bits per heavy atom. The van der Waals surface area contributed by atoms with Crippen LogP contribution in [0, 0.1) is 6.92 Å². The third-order valence-electron chi connectivity index (χ3n) is 5.08. The van der Waals surface area contributed by atoms with Gasteiger partial charge in [-0.2, -0.15) is 0 Å². The van der Waals surface area contributed by atoms with Gasteiger partial charge in [0.25, 0.3) is 0 Å². The number of hydrogen-bond donors (Lipinski definition) is 2. The number of hydrogen-bond acceptors (Lipinski definition) is 5. The second kappa shape index (κ2) is 9.58. The molecular weight excluding hydrogens is 372 g/mol. The first-order chi connectivity index (χ1) is 14.0. The number of carbonyl (C=O) groups is 2. The molecule has 1 atom stereocenters. The molecule has 8 heteroatoms. The van der Waals surface area contributed by atoms with Crippen molar-refractivity contribution in [2.75, 3.05) is 45.3 Å². The van der Waals surface area contributed by atoms with Crippen molar-refractivity contribution in [2.45, 2.75) is 13.0 Å². The SMILES string of the molecule is COc1ccc(C)cc1NC(=O)C(=O)NCC(c1cccn1C)N1CCOCC1. The van der Waals surface area contributed by atoms with Gasteiger partial charge in [-0.25, -0.2) is 0 Å². The van der Waals surface area contributed by atoms with Gasteiger partial charge in [-0.05, 0) is 36.8 Å². The van der Waals surface area contributed by atoms with Gasteiger partial charge in [0.2, 0.25) is 0 Å². The van der Waals surface area contributed by atoms with E-state index in [4.69, 9.17) is 9.47 Å². The van der Waals surface area contributed by atoms with E-state index in [-0.39, 0.29) is 6.04 Å². The van der Waals surface area contributed by atoms with Gasteiger partial charge in [0.05, 0.1) is 32.1 Å². The summed E-state index contributed by atoms with van der Waals surface area (Å²) in [6.45, 7) is 5.10. The van der Waals surface area contributed by atoms with Crippen LogP contribution in [0.2, 0.25) is 0 Å². The molecule has 156 valence electrons. The molecule has 2 N–H and O–H groups in total. The number of aromatic nitrogens is 1. The molecule has 2 amide bonds. The number of aryl methyl sites for hydroxylation is 2. The largest absolute Gasteiger partial charge is 0.495 e. The van der Waals surface area contributed by atoms with E-state index in [0.29, 0.717) is 31.2 Å². The molecule has 3 rings (SSSR count). The Labute approximate surface area is 170 Å². The Morgan fingerprint density at radius 2 is 1.97 bits per heavy atom. The molecule has 1 aromatic heterocycles. The molecular formula is C21H28N4O4. The summed E-state index contributed by atoms with van der Waals surface area (Å²) in [5, 5.41) is 5.42. The lowest BCUT2D eigenvalue weighted by molar-refractivity contribution is -0.136. The van der Waals surface area contributed by atoms with Crippen molar-refractivity contribution in [2.24, 2.45) is 7.05 Å². The Hall–Kier alpha value is -2.84. The molecule has 2 heterocycles. The highest BCUT2D eigenvalue weighted by Gasteiger charge is 2.26. The van der Waals surface area contributed by atoms with Gasteiger partial charge in [-0.3, -0.25) is 14.5 Å². The summed E-state index contributed by atoms with van der Waals surface area (Å²) in [4.78, 5) is 27.1. The van der Waals surface area contributed by atoms with Crippen LogP contribution in [0.4, 0.5) is 5.69 Å². The average Bonchev–Trinajstić information content (AvgIpc) is 3.14. The lowest BCUT2D eigenvalue weighted by atomic mass is 10.1. The fourth-order valence-electron chi connectivity index (χ4n) is 3.50. The van der Waals surface area contributed by atoms with Crippen LogP contribution >= 0.6 is 0 Å². The number of anilines is 1. The van der Waals surface area contributed by atoms with Gasteiger partial charge in [-0.15, -0.1) is 0 Å². The van der Waals surface area contributed by atoms with Crippen molar-refractivity contribution in [3.8, 4) is 5.75 Å². The first-order valence-corrected chi connectivity index (χ1v) is 9.66. The highest BCUT2D eigenvalue weighted by molar-refractivity contribution is 6.39. The number of ether oxygens (including phenoxy) is 2. The van der Waals surface area contributed by atoms with Crippen molar-refractivity contribution in [3.63, 3.8) is 0 Å². The molecule has 0 aliphatic carbocycles. The number of carbonyl (C=O) groups excluding carboxylic acids is 2. The van der Waals surface area contributed by atoms with E-state index in [1.54, 1.807) is 12.1 Å². The summed E-state index contributed by atoms with van der Waals surface area (Å²) in [5.41, 5.74) is 2.50. The number of nitrogens with one attached hydrogen (secondary N) is 2. The first kappa shape index (κ1) is 20.9. The van der Waals surface area contributed by atoms with Gasteiger partial charge in [0, 0.05) is 38.6 Å². The Bertz CT molecular complexity index is 858. The number of morpholine rings is 1. The zero-order valence-corrected chi connectivity index (χ0v) is 17.1. The van der Waals surface area contributed by atoms with Crippen molar-refractivity contribution in [1.82, 2.24) is 14.8 Å². The maximum Gasteiger partial charge on any atom is 0.313 e. The van der Waals surface area contributed by atoms with Crippen LogP contribution in [0.15, 0.2) is 36.5 Å². The summed E-state index contributed by atoms with van der Waals surface area (Å²) < 4.78 is 12.7. The Balaban J connectivity index is 1.66. The summed E-state index contributed by atoms with van der Waals surface area (Å²) in [5.74, 6) is -0.894. The molecule has 1 unspecified atom stereocenters.